The first-order valence-electron chi connectivity index (χ1n) is 6.93. The topological polar surface area (TPSA) is 40.5 Å². The number of halogens is 2. The van der Waals surface area contributed by atoms with E-state index in [4.69, 9.17) is 5.11 Å². The van der Waals surface area contributed by atoms with Gasteiger partial charge in [0.1, 0.15) is 18.2 Å². The minimum Gasteiger partial charge on any atom is -0.387 e. The highest BCUT2D eigenvalue weighted by Gasteiger charge is 2.23. The number of benzene rings is 1. The van der Waals surface area contributed by atoms with Gasteiger partial charge in [-0.1, -0.05) is 6.07 Å². The zero-order valence-corrected chi connectivity index (χ0v) is 11.3. The van der Waals surface area contributed by atoms with Crippen molar-refractivity contribution in [2.24, 2.45) is 5.92 Å². The lowest BCUT2D eigenvalue weighted by Crippen LogP contribution is -2.41. The largest absolute Gasteiger partial charge is 0.387 e. The average molecular weight is 283 g/mol. The molecule has 1 aliphatic rings. The normalized spacial score (nSPS) is 19.1. The van der Waals surface area contributed by atoms with Crippen LogP contribution in [0.25, 0.3) is 0 Å². The van der Waals surface area contributed by atoms with Crippen LogP contribution in [0, 0.1) is 17.6 Å². The van der Waals surface area contributed by atoms with E-state index in [1.165, 1.54) is 18.2 Å². The fourth-order valence-corrected chi connectivity index (χ4v) is 2.75. The van der Waals surface area contributed by atoms with Gasteiger partial charge in [0, 0.05) is 18.7 Å². The van der Waals surface area contributed by atoms with Crippen molar-refractivity contribution in [2.75, 3.05) is 19.7 Å². The zero-order chi connectivity index (χ0) is 14.5. The van der Waals surface area contributed by atoms with Crippen LogP contribution in [-0.2, 0) is 11.2 Å². The molecule has 0 aliphatic carbocycles. The summed E-state index contributed by atoms with van der Waals surface area (Å²) in [7, 11) is 0. The van der Waals surface area contributed by atoms with Crippen molar-refractivity contribution in [3.8, 4) is 0 Å². The Hall–Kier alpha value is -1.49. The molecule has 2 rings (SSSR count). The van der Waals surface area contributed by atoms with Gasteiger partial charge >= 0.3 is 0 Å². The second kappa shape index (κ2) is 6.79. The first kappa shape index (κ1) is 14.9. The average Bonchev–Trinajstić information content (AvgIpc) is 2.46. The fourth-order valence-electron chi connectivity index (χ4n) is 2.75. The number of aliphatic hydroxyl groups is 1. The molecule has 1 atom stereocenters. The van der Waals surface area contributed by atoms with Crippen LogP contribution in [0.5, 0.6) is 0 Å². The minimum atomic E-state index is -0.510. The molecule has 1 aromatic rings. The van der Waals surface area contributed by atoms with Crippen molar-refractivity contribution in [3.05, 3.63) is 35.4 Å². The summed E-state index contributed by atoms with van der Waals surface area (Å²) in [5, 5.41) is 8.86. The van der Waals surface area contributed by atoms with Crippen LogP contribution in [0.1, 0.15) is 24.8 Å². The minimum absolute atomic E-state index is 0.123. The van der Waals surface area contributed by atoms with Crippen LogP contribution in [0.2, 0.25) is 0 Å². The highest BCUT2D eigenvalue weighted by molar-refractivity contribution is 5.77. The number of nitrogens with zero attached hydrogens (tertiary/aromatic N) is 1. The molecule has 0 bridgehead atoms. The molecule has 1 amide bonds. The first-order chi connectivity index (χ1) is 9.61. The molecular weight excluding hydrogens is 264 g/mol. The summed E-state index contributed by atoms with van der Waals surface area (Å²) in [6, 6.07) is 3.89. The maximum Gasteiger partial charge on any atom is 0.248 e. The molecule has 1 aliphatic heterocycles. The van der Waals surface area contributed by atoms with Gasteiger partial charge in [-0.3, -0.25) is 4.79 Å². The van der Waals surface area contributed by atoms with Crippen LogP contribution >= 0.6 is 0 Å². The number of aliphatic hydroxyl groups excluding tert-OH is 1. The van der Waals surface area contributed by atoms with Crippen molar-refractivity contribution in [2.45, 2.75) is 25.7 Å². The Balaban J connectivity index is 1.92. The third-order valence-electron chi connectivity index (χ3n) is 3.87. The third kappa shape index (κ3) is 3.54. The number of amides is 1. The van der Waals surface area contributed by atoms with Crippen LogP contribution in [0.3, 0.4) is 0 Å². The molecule has 1 fully saturated rings. The molecule has 0 aromatic heterocycles. The van der Waals surface area contributed by atoms with Gasteiger partial charge in [-0.2, -0.15) is 0 Å². The number of carbonyl (C=O) groups excluding carboxylic acids is 1. The van der Waals surface area contributed by atoms with E-state index in [1.54, 1.807) is 4.90 Å². The van der Waals surface area contributed by atoms with Gasteiger partial charge in [-0.15, -0.1) is 0 Å². The summed E-state index contributed by atoms with van der Waals surface area (Å²) >= 11 is 0. The Morgan fingerprint density at radius 3 is 2.70 bits per heavy atom. The molecule has 0 saturated carbocycles. The van der Waals surface area contributed by atoms with Crippen molar-refractivity contribution in [1.29, 1.82) is 0 Å². The van der Waals surface area contributed by atoms with Crippen molar-refractivity contribution in [1.82, 2.24) is 4.90 Å². The summed E-state index contributed by atoms with van der Waals surface area (Å²) < 4.78 is 27.1. The molecular formula is C15H19F2NO2. The second-order valence-corrected chi connectivity index (χ2v) is 5.25. The van der Waals surface area contributed by atoms with Gasteiger partial charge in [-0.25, -0.2) is 8.78 Å². The van der Waals surface area contributed by atoms with Crippen molar-refractivity contribution in [3.63, 3.8) is 0 Å². The van der Waals surface area contributed by atoms with Crippen molar-refractivity contribution < 1.29 is 18.7 Å². The fraction of sp³-hybridized carbons (Fsp3) is 0.533. The zero-order valence-electron chi connectivity index (χ0n) is 11.3. The van der Waals surface area contributed by atoms with Crippen LogP contribution < -0.4 is 0 Å². The van der Waals surface area contributed by atoms with Gasteiger partial charge in [0.15, 0.2) is 0 Å². The van der Waals surface area contributed by atoms with Crippen LogP contribution in [0.15, 0.2) is 18.2 Å². The van der Waals surface area contributed by atoms with E-state index in [0.29, 0.717) is 25.9 Å². The predicted octanol–water partition coefficient (Wildman–Crippen LogP) is 2.13. The number of likely N-dealkylation sites (tertiary alicyclic amines) is 1. The third-order valence-corrected chi connectivity index (χ3v) is 3.87. The van der Waals surface area contributed by atoms with E-state index in [9.17, 15) is 13.6 Å². The molecule has 0 spiro atoms. The van der Waals surface area contributed by atoms with E-state index in [1.807, 2.05) is 0 Å². The number of carbonyl (C=O) groups is 1. The summed E-state index contributed by atoms with van der Waals surface area (Å²) in [5.41, 5.74) is 0.123. The van der Waals surface area contributed by atoms with E-state index >= 15 is 0 Å². The quantitative estimate of drug-likeness (QED) is 0.919. The number of rotatable bonds is 4. The molecule has 1 aromatic carbocycles. The van der Waals surface area contributed by atoms with Gasteiger partial charge in [0.05, 0.1) is 0 Å². The molecule has 1 saturated heterocycles. The van der Waals surface area contributed by atoms with Gasteiger partial charge in [-0.05, 0) is 43.7 Å². The Kier molecular flexibility index (Phi) is 5.06. The highest BCUT2D eigenvalue weighted by atomic mass is 19.1. The lowest BCUT2D eigenvalue weighted by atomic mass is 9.91. The Bertz CT molecular complexity index is 459. The molecule has 1 unspecified atom stereocenters. The lowest BCUT2D eigenvalue weighted by Gasteiger charge is -2.32. The Labute approximate surface area is 117 Å². The summed E-state index contributed by atoms with van der Waals surface area (Å²) in [5.74, 6) is -1.06. The standard InChI is InChI=1S/C15H19F2NO2/c16-13-4-1-5-14(17)12(13)7-6-11-3-2-8-18(9-11)15(20)10-19/h1,4-5,11,19H,2-3,6-10H2. The Morgan fingerprint density at radius 1 is 1.35 bits per heavy atom. The monoisotopic (exact) mass is 283 g/mol. The smallest absolute Gasteiger partial charge is 0.248 e. The van der Waals surface area contributed by atoms with E-state index in [0.717, 1.165) is 12.8 Å². The van der Waals surface area contributed by atoms with Gasteiger partial charge in [0.25, 0.3) is 0 Å². The summed E-state index contributed by atoms with van der Waals surface area (Å²) in [6.45, 7) is 0.744. The molecule has 0 radical (unpaired) electrons. The second-order valence-electron chi connectivity index (χ2n) is 5.25. The van der Waals surface area contributed by atoms with Crippen LogP contribution in [0.4, 0.5) is 8.78 Å². The van der Waals surface area contributed by atoms with Crippen LogP contribution in [-0.4, -0.2) is 35.6 Å². The summed E-state index contributed by atoms with van der Waals surface area (Å²) in [4.78, 5) is 13.1. The predicted molar refractivity (Wildman–Crippen MR) is 71.1 cm³/mol. The maximum atomic E-state index is 13.5. The number of hydrogen-bond acceptors (Lipinski definition) is 2. The van der Waals surface area contributed by atoms with E-state index in [2.05, 4.69) is 0 Å². The van der Waals surface area contributed by atoms with E-state index in [-0.39, 0.29) is 17.4 Å². The molecule has 20 heavy (non-hydrogen) atoms. The molecule has 1 heterocycles. The number of hydrogen-bond donors (Lipinski definition) is 1. The maximum absolute atomic E-state index is 13.5. The highest BCUT2D eigenvalue weighted by Crippen LogP contribution is 2.23. The van der Waals surface area contributed by atoms with Gasteiger partial charge < -0.3 is 10.0 Å². The molecule has 110 valence electrons. The van der Waals surface area contributed by atoms with Gasteiger partial charge in [0.2, 0.25) is 5.91 Å². The molecule has 1 N–H and O–H groups in total. The van der Waals surface area contributed by atoms with Crippen molar-refractivity contribution >= 4 is 5.91 Å². The molecule has 5 heteroatoms. The SMILES string of the molecule is O=C(CO)N1CCCC(CCc2c(F)cccc2F)C1. The van der Waals surface area contributed by atoms with E-state index < -0.39 is 18.2 Å². The molecule has 3 nitrogen and oxygen atoms in total. The Morgan fingerprint density at radius 2 is 2.05 bits per heavy atom. The number of piperidine rings is 1. The first-order valence-corrected chi connectivity index (χ1v) is 6.93. The summed E-state index contributed by atoms with van der Waals surface area (Å²) in [6.07, 6.45) is 2.80. The lowest BCUT2D eigenvalue weighted by molar-refractivity contribution is -0.136.